The van der Waals surface area contributed by atoms with Crippen LogP contribution in [0.15, 0.2) is 83.8 Å². The van der Waals surface area contributed by atoms with E-state index < -0.39 is 22.5 Å². The first kappa shape index (κ1) is 23.1. The summed E-state index contributed by atoms with van der Waals surface area (Å²) in [6.07, 6.45) is 0. The molecular formula is C23H17F2N3O5S. The number of nitrogens with zero attached hydrogens (tertiary/aromatic N) is 1. The van der Waals surface area contributed by atoms with Crippen molar-refractivity contribution in [2.24, 2.45) is 5.14 Å². The van der Waals surface area contributed by atoms with Crippen LogP contribution in [0.25, 0.3) is 10.9 Å². The summed E-state index contributed by atoms with van der Waals surface area (Å²) in [7, 11) is -4.12. The van der Waals surface area contributed by atoms with E-state index in [-0.39, 0.29) is 33.5 Å². The lowest BCUT2D eigenvalue weighted by Gasteiger charge is -2.15. The summed E-state index contributed by atoms with van der Waals surface area (Å²) in [5.74, 6) is -1.30. The molecule has 174 valence electrons. The molecule has 34 heavy (non-hydrogen) atoms. The van der Waals surface area contributed by atoms with Crippen LogP contribution in [-0.2, 0) is 10.0 Å². The number of rotatable bonds is 7. The highest BCUT2D eigenvalue weighted by atomic mass is 32.2. The van der Waals surface area contributed by atoms with E-state index in [1.807, 2.05) is 0 Å². The van der Waals surface area contributed by atoms with Crippen molar-refractivity contribution in [2.75, 3.05) is 5.32 Å². The minimum Gasteiger partial charge on any atom is -0.434 e. The molecule has 0 saturated heterocycles. The first-order valence-corrected chi connectivity index (χ1v) is 11.3. The van der Waals surface area contributed by atoms with Crippen LogP contribution in [-0.4, -0.2) is 25.9 Å². The third-order valence-corrected chi connectivity index (χ3v) is 5.62. The standard InChI is InChI=1S/C23H17F2N3O5S/c24-23(25)33-19-11-5-4-10-18(19)32-22-15(13-14-7-1-2-8-16(14)28-22)21(29)27-17-9-3-6-12-20(17)34(26,30)31/h1-13,23H,(H,27,29)(H2,26,30,31). The summed E-state index contributed by atoms with van der Waals surface area (Å²) in [5, 5.41) is 8.34. The van der Waals surface area contributed by atoms with E-state index in [4.69, 9.17) is 9.88 Å². The van der Waals surface area contributed by atoms with Gasteiger partial charge in [0.15, 0.2) is 11.5 Å². The maximum absolute atomic E-state index is 13.2. The topological polar surface area (TPSA) is 121 Å². The van der Waals surface area contributed by atoms with Crippen LogP contribution in [0.1, 0.15) is 10.4 Å². The molecule has 0 aliphatic rings. The number of halogens is 2. The molecule has 11 heteroatoms. The summed E-state index contributed by atoms with van der Waals surface area (Å²) in [4.78, 5) is 17.3. The Morgan fingerprint density at radius 2 is 1.59 bits per heavy atom. The van der Waals surface area contributed by atoms with Gasteiger partial charge < -0.3 is 14.8 Å². The number of sulfonamides is 1. The van der Waals surface area contributed by atoms with Gasteiger partial charge in [-0.3, -0.25) is 4.79 Å². The number of ether oxygens (including phenoxy) is 2. The smallest absolute Gasteiger partial charge is 0.387 e. The quantitative estimate of drug-likeness (QED) is 0.397. The summed E-state index contributed by atoms with van der Waals surface area (Å²) >= 11 is 0. The van der Waals surface area contributed by atoms with Gasteiger partial charge in [-0.05, 0) is 36.4 Å². The predicted molar refractivity (Wildman–Crippen MR) is 121 cm³/mol. The van der Waals surface area contributed by atoms with E-state index >= 15 is 0 Å². The zero-order valence-corrected chi connectivity index (χ0v) is 18.1. The van der Waals surface area contributed by atoms with E-state index in [1.165, 1.54) is 54.6 Å². The Morgan fingerprint density at radius 3 is 2.32 bits per heavy atom. The van der Waals surface area contributed by atoms with E-state index in [2.05, 4.69) is 15.0 Å². The monoisotopic (exact) mass is 485 g/mol. The number of carbonyl (C=O) groups excluding carboxylic acids is 1. The van der Waals surface area contributed by atoms with Crippen LogP contribution in [0.2, 0.25) is 0 Å². The SMILES string of the molecule is NS(=O)(=O)c1ccccc1NC(=O)c1cc2ccccc2nc1Oc1ccccc1OC(F)F. The molecule has 0 atom stereocenters. The van der Waals surface area contributed by atoms with Crippen molar-refractivity contribution in [2.45, 2.75) is 11.5 Å². The number of hydrogen-bond donors (Lipinski definition) is 2. The Labute approximate surface area is 193 Å². The van der Waals surface area contributed by atoms with Gasteiger partial charge in [-0.15, -0.1) is 0 Å². The average Bonchev–Trinajstić information content (AvgIpc) is 2.79. The molecule has 0 aliphatic heterocycles. The van der Waals surface area contributed by atoms with Gasteiger partial charge in [0.05, 0.1) is 11.2 Å². The number of nitrogens with one attached hydrogen (secondary N) is 1. The predicted octanol–water partition coefficient (Wildman–Crippen LogP) is 4.53. The van der Waals surface area contributed by atoms with Crippen molar-refractivity contribution in [3.05, 3.63) is 84.4 Å². The number of para-hydroxylation sites is 4. The maximum Gasteiger partial charge on any atom is 0.387 e. The van der Waals surface area contributed by atoms with Crippen LogP contribution < -0.4 is 19.9 Å². The molecule has 4 rings (SSSR count). The van der Waals surface area contributed by atoms with Crippen molar-refractivity contribution in [3.63, 3.8) is 0 Å². The summed E-state index contributed by atoms with van der Waals surface area (Å²) in [6.45, 7) is -3.09. The number of fused-ring (bicyclic) bond motifs is 1. The number of primary sulfonamides is 1. The van der Waals surface area contributed by atoms with Gasteiger partial charge >= 0.3 is 6.61 Å². The van der Waals surface area contributed by atoms with Crippen molar-refractivity contribution < 1.29 is 31.5 Å². The molecule has 0 fully saturated rings. The molecule has 4 aromatic rings. The Balaban J connectivity index is 1.78. The summed E-state index contributed by atoms with van der Waals surface area (Å²) < 4.78 is 59.6. The molecule has 0 spiro atoms. The molecule has 0 aliphatic carbocycles. The Morgan fingerprint density at radius 1 is 0.941 bits per heavy atom. The number of amides is 1. The second-order valence-corrected chi connectivity index (χ2v) is 8.49. The van der Waals surface area contributed by atoms with E-state index in [1.54, 1.807) is 24.3 Å². The normalized spacial score (nSPS) is 11.4. The molecule has 1 heterocycles. The molecule has 8 nitrogen and oxygen atoms in total. The van der Waals surface area contributed by atoms with Crippen LogP contribution in [0.3, 0.4) is 0 Å². The zero-order chi connectivity index (χ0) is 24.3. The number of pyridine rings is 1. The largest absolute Gasteiger partial charge is 0.434 e. The first-order valence-electron chi connectivity index (χ1n) is 9.77. The Kier molecular flexibility index (Phi) is 6.39. The molecule has 0 saturated carbocycles. The lowest BCUT2D eigenvalue weighted by molar-refractivity contribution is -0.0510. The zero-order valence-electron chi connectivity index (χ0n) is 17.3. The third kappa shape index (κ3) is 5.11. The molecule has 0 radical (unpaired) electrons. The van der Waals surface area contributed by atoms with E-state index in [9.17, 15) is 22.0 Å². The number of nitrogens with two attached hydrogens (primary N) is 1. The highest BCUT2D eigenvalue weighted by Gasteiger charge is 2.21. The highest BCUT2D eigenvalue weighted by Crippen LogP contribution is 2.34. The molecule has 0 unspecified atom stereocenters. The molecular weight excluding hydrogens is 468 g/mol. The number of hydrogen-bond acceptors (Lipinski definition) is 6. The van der Waals surface area contributed by atoms with Gasteiger partial charge in [0.2, 0.25) is 15.9 Å². The average molecular weight is 485 g/mol. The number of benzene rings is 3. The fourth-order valence-electron chi connectivity index (χ4n) is 3.18. The van der Waals surface area contributed by atoms with Gasteiger partial charge in [-0.2, -0.15) is 8.78 Å². The van der Waals surface area contributed by atoms with Gasteiger partial charge in [0.1, 0.15) is 10.5 Å². The van der Waals surface area contributed by atoms with Gasteiger partial charge in [0, 0.05) is 5.39 Å². The Hall–Kier alpha value is -4.09. The van der Waals surface area contributed by atoms with Crippen LogP contribution in [0.4, 0.5) is 14.5 Å². The highest BCUT2D eigenvalue weighted by molar-refractivity contribution is 7.89. The summed E-state index contributed by atoms with van der Waals surface area (Å²) in [5.41, 5.74) is 0.358. The lowest BCUT2D eigenvalue weighted by Crippen LogP contribution is -2.19. The molecule has 1 amide bonds. The molecule has 3 aromatic carbocycles. The first-order chi connectivity index (χ1) is 16.2. The molecule has 3 N–H and O–H groups in total. The summed E-state index contributed by atoms with van der Waals surface area (Å²) in [6, 6.07) is 19.7. The number of aromatic nitrogens is 1. The number of anilines is 1. The minimum atomic E-state index is -4.12. The molecule has 0 bridgehead atoms. The van der Waals surface area contributed by atoms with Crippen molar-refractivity contribution in [1.29, 1.82) is 0 Å². The van der Waals surface area contributed by atoms with Gasteiger partial charge in [-0.1, -0.05) is 42.5 Å². The second kappa shape index (κ2) is 9.41. The van der Waals surface area contributed by atoms with E-state index in [0.29, 0.717) is 10.9 Å². The number of carbonyl (C=O) groups is 1. The maximum atomic E-state index is 13.2. The van der Waals surface area contributed by atoms with Gasteiger partial charge in [0.25, 0.3) is 5.91 Å². The van der Waals surface area contributed by atoms with E-state index in [0.717, 1.165) is 0 Å². The fraction of sp³-hybridized carbons (Fsp3) is 0.0435. The van der Waals surface area contributed by atoms with Crippen LogP contribution >= 0.6 is 0 Å². The third-order valence-electron chi connectivity index (χ3n) is 4.65. The Bertz CT molecular complexity index is 1480. The lowest BCUT2D eigenvalue weighted by atomic mass is 10.1. The van der Waals surface area contributed by atoms with Gasteiger partial charge in [-0.25, -0.2) is 18.5 Å². The minimum absolute atomic E-state index is 0.0458. The van der Waals surface area contributed by atoms with Crippen LogP contribution in [0, 0.1) is 0 Å². The van der Waals surface area contributed by atoms with Crippen LogP contribution in [0.5, 0.6) is 17.4 Å². The fourth-order valence-corrected chi connectivity index (χ4v) is 3.87. The molecule has 1 aromatic heterocycles. The van der Waals surface area contributed by atoms with Crippen molar-refractivity contribution in [1.82, 2.24) is 4.98 Å². The van der Waals surface area contributed by atoms with Crippen molar-refractivity contribution in [3.8, 4) is 17.4 Å². The second-order valence-electron chi connectivity index (χ2n) is 6.96. The number of alkyl halides is 2. The van der Waals surface area contributed by atoms with Crippen molar-refractivity contribution >= 4 is 32.5 Å².